The van der Waals surface area contributed by atoms with Gasteiger partial charge < -0.3 is 14.9 Å². The van der Waals surface area contributed by atoms with Crippen molar-refractivity contribution in [2.75, 3.05) is 25.2 Å². The van der Waals surface area contributed by atoms with Crippen molar-refractivity contribution in [2.45, 2.75) is 25.4 Å². The Morgan fingerprint density at radius 2 is 2.18 bits per heavy atom. The van der Waals surface area contributed by atoms with Crippen LogP contribution in [-0.2, 0) is 22.3 Å². The van der Waals surface area contributed by atoms with Crippen LogP contribution in [0.25, 0.3) is 0 Å². The zero-order valence-corrected chi connectivity index (χ0v) is 9.61. The Hall–Kier alpha value is -1.24. The number of nitrogen functional groups attached to an aromatic ring is 1. The van der Waals surface area contributed by atoms with Gasteiger partial charge in [-0.2, -0.15) is 0 Å². The van der Waals surface area contributed by atoms with E-state index in [0.29, 0.717) is 25.6 Å². The molecule has 1 aliphatic heterocycles. The number of hydrogen-bond acceptors (Lipinski definition) is 6. The highest BCUT2D eigenvalue weighted by Gasteiger charge is 2.24. The summed E-state index contributed by atoms with van der Waals surface area (Å²) in [5.74, 6) is 6.92. The number of nitrogens with two attached hydrogens (primary N) is 1. The molecule has 1 saturated heterocycles. The number of aryl methyl sites for hydroxylation is 1. The van der Waals surface area contributed by atoms with E-state index in [1.807, 2.05) is 0 Å². The molecule has 0 radical (unpaired) electrons. The molecule has 3 N–H and O–H groups in total. The number of hydrogen-bond donors (Lipinski definition) is 2. The number of anilines is 1. The van der Waals surface area contributed by atoms with Crippen LogP contribution in [0.15, 0.2) is 0 Å². The fourth-order valence-corrected chi connectivity index (χ4v) is 2.35. The quantitative estimate of drug-likeness (QED) is 0.569. The smallest absolute Gasteiger partial charge is 0.162 e. The first kappa shape index (κ1) is 10.9. The summed E-state index contributed by atoms with van der Waals surface area (Å²) >= 11 is 0. The first-order valence-electron chi connectivity index (χ1n) is 5.94. The van der Waals surface area contributed by atoms with E-state index in [4.69, 9.17) is 15.3 Å². The average molecular weight is 236 g/mol. The van der Waals surface area contributed by atoms with Gasteiger partial charge >= 0.3 is 0 Å². The van der Waals surface area contributed by atoms with Crippen LogP contribution in [0.2, 0.25) is 0 Å². The van der Waals surface area contributed by atoms with E-state index in [0.717, 1.165) is 36.3 Å². The maximum Gasteiger partial charge on any atom is 0.162 e. The number of nitrogens with one attached hydrogen (secondary N) is 1. The molecule has 6 nitrogen and oxygen atoms in total. The van der Waals surface area contributed by atoms with Crippen molar-refractivity contribution in [1.82, 2.24) is 9.97 Å². The fraction of sp³-hybridized carbons (Fsp3) is 0.636. The van der Waals surface area contributed by atoms with Gasteiger partial charge in [0, 0.05) is 11.3 Å². The van der Waals surface area contributed by atoms with Crippen molar-refractivity contribution in [2.24, 2.45) is 5.84 Å². The summed E-state index contributed by atoms with van der Waals surface area (Å²) in [5.41, 5.74) is 4.90. The summed E-state index contributed by atoms with van der Waals surface area (Å²) in [6, 6.07) is 0. The maximum atomic E-state index is 5.60. The van der Waals surface area contributed by atoms with E-state index in [2.05, 4.69) is 15.4 Å². The Labute approximate surface area is 99.5 Å². The van der Waals surface area contributed by atoms with Gasteiger partial charge in [-0.3, -0.25) is 0 Å². The van der Waals surface area contributed by atoms with Gasteiger partial charge in [0.15, 0.2) is 5.82 Å². The predicted molar refractivity (Wildman–Crippen MR) is 61.4 cm³/mol. The van der Waals surface area contributed by atoms with Crippen LogP contribution in [0.3, 0.4) is 0 Å². The van der Waals surface area contributed by atoms with E-state index >= 15 is 0 Å². The molecule has 0 spiro atoms. The van der Waals surface area contributed by atoms with Crippen LogP contribution >= 0.6 is 0 Å². The SMILES string of the molecule is NNc1nc(C2COCCO2)nc2c1CCC2. The molecule has 0 aromatic carbocycles. The number of hydrazine groups is 1. The summed E-state index contributed by atoms with van der Waals surface area (Å²) in [6.07, 6.45) is 2.94. The molecule has 1 unspecified atom stereocenters. The lowest BCUT2D eigenvalue weighted by Crippen LogP contribution is -2.25. The second kappa shape index (κ2) is 4.56. The predicted octanol–water partition coefficient (Wildman–Crippen LogP) is 0.339. The molecule has 6 heteroatoms. The van der Waals surface area contributed by atoms with Crippen LogP contribution < -0.4 is 11.3 Å². The van der Waals surface area contributed by atoms with Crippen molar-refractivity contribution in [3.05, 3.63) is 17.1 Å². The molecule has 92 valence electrons. The van der Waals surface area contributed by atoms with Crippen molar-refractivity contribution in [3.8, 4) is 0 Å². The van der Waals surface area contributed by atoms with Gasteiger partial charge in [-0.1, -0.05) is 0 Å². The average Bonchev–Trinajstić information content (AvgIpc) is 2.86. The van der Waals surface area contributed by atoms with Crippen molar-refractivity contribution in [1.29, 1.82) is 0 Å². The molecule has 1 aliphatic carbocycles. The third kappa shape index (κ3) is 1.99. The highest BCUT2D eigenvalue weighted by molar-refractivity contribution is 5.48. The Kier molecular flexibility index (Phi) is 2.92. The molecule has 1 atom stereocenters. The van der Waals surface area contributed by atoms with Crippen molar-refractivity contribution < 1.29 is 9.47 Å². The van der Waals surface area contributed by atoms with Gasteiger partial charge in [-0.05, 0) is 19.3 Å². The highest BCUT2D eigenvalue weighted by atomic mass is 16.6. The van der Waals surface area contributed by atoms with E-state index < -0.39 is 0 Å². The number of ether oxygens (including phenoxy) is 2. The Morgan fingerprint density at radius 1 is 1.24 bits per heavy atom. The lowest BCUT2D eigenvalue weighted by atomic mass is 10.2. The van der Waals surface area contributed by atoms with Crippen LogP contribution in [0.4, 0.5) is 5.82 Å². The normalized spacial score (nSPS) is 23.5. The molecule has 0 saturated carbocycles. The van der Waals surface area contributed by atoms with E-state index in [1.54, 1.807) is 0 Å². The number of aromatic nitrogens is 2. The van der Waals surface area contributed by atoms with Crippen molar-refractivity contribution in [3.63, 3.8) is 0 Å². The molecule has 0 amide bonds. The molecule has 2 heterocycles. The summed E-state index contributed by atoms with van der Waals surface area (Å²) in [6.45, 7) is 1.75. The molecule has 2 aliphatic rings. The molecule has 1 fully saturated rings. The van der Waals surface area contributed by atoms with Crippen LogP contribution in [0.5, 0.6) is 0 Å². The number of fused-ring (bicyclic) bond motifs is 1. The fourth-order valence-electron chi connectivity index (χ4n) is 2.35. The minimum Gasteiger partial charge on any atom is -0.376 e. The second-order valence-electron chi connectivity index (χ2n) is 4.29. The summed E-state index contributed by atoms with van der Waals surface area (Å²) < 4.78 is 11.0. The van der Waals surface area contributed by atoms with Gasteiger partial charge in [0.2, 0.25) is 0 Å². The molecular weight excluding hydrogens is 220 g/mol. The zero-order chi connectivity index (χ0) is 11.7. The first-order valence-corrected chi connectivity index (χ1v) is 5.94. The minimum atomic E-state index is -0.165. The monoisotopic (exact) mass is 236 g/mol. The van der Waals surface area contributed by atoms with Crippen LogP contribution in [0.1, 0.15) is 29.6 Å². The Bertz CT molecular complexity index is 418. The summed E-state index contributed by atoms with van der Waals surface area (Å²) in [7, 11) is 0. The second-order valence-corrected chi connectivity index (χ2v) is 4.29. The molecule has 3 rings (SSSR count). The minimum absolute atomic E-state index is 0.165. The first-order chi connectivity index (χ1) is 8.38. The number of rotatable bonds is 2. The zero-order valence-electron chi connectivity index (χ0n) is 9.61. The van der Waals surface area contributed by atoms with E-state index in [1.165, 1.54) is 0 Å². The van der Waals surface area contributed by atoms with Gasteiger partial charge in [0.1, 0.15) is 11.9 Å². The lowest BCUT2D eigenvalue weighted by molar-refractivity contribution is -0.0935. The topological polar surface area (TPSA) is 82.3 Å². The molecule has 17 heavy (non-hydrogen) atoms. The van der Waals surface area contributed by atoms with E-state index in [9.17, 15) is 0 Å². The largest absolute Gasteiger partial charge is 0.376 e. The van der Waals surface area contributed by atoms with Crippen LogP contribution in [-0.4, -0.2) is 29.8 Å². The van der Waals surface area contributed by atoms with Crippen LogP contribution in [0, 0.1) is 0 Å². The third-order valence-corrected chi connectivity index (χ3v) is 3.19. The Morgan fingerprint density at radius 3 is 2.94 bits per heavy atom. The Balaban J connectivity index is 1.94. The standard InChI is InChI=1S/C11H16N4O2/c12-15-10-7-2-1-3-8(7)13-11(14-10)9-6-16-4-5-17-9/h9H,1-6,12H2,(H,13,14,15). The van der Waals surface area contributed by atoms with Gasteiger partial charge in [0.25, 0.3) is 0 Å². The summed E-state index contributed by atoms with van der Waals surface area (Å²) in [4.78, 5) is 9.01. The van der Waals surface area contributed by atoms with Gasteiger partial charge in [0.05, 0.1) is 19.8 Å². The molecular formula is C11H16N4O2. The number of nitrogens with zero attached hydrogens (tertiary/aromatic N) is 2. The molecule has 1 aromatic rings. The maximum absolute atomic E-state index is 5.60. The van der Waals surface area contributed by atoms with Gasteiger partial charge in [-0.25, -0.2) is 15.8 Å². The molecule has 1 aromatic heterocycles. The molecule has 0 bridgehead atoms. The van der Waals surface area contributed by atoms with E-state index in [-0.39, 0.29) is 6.10 Å². The highest BCUT2D eigenvalue weighted by Crippen LogP contribution is 2.28. The third-order valence-electron chi connectivity index (χ3n) is 3.19. The lowest BCUT2D eigenvalue weighted by Gasteiger charge is -2.22. The summed E-state index contributed by atoms with van der Waals surface area (Å²) in [5, 5.41) is 0. The van der Waals surface area contributed by atoms with Crippen molar-refractivity contribution >= 4 is 5.82 Å². The van der Waals surface area contributed by atoms with Gasteiger partial charge in [-0.15, -0.1) is 0 Å².